The largest absolute Gasteiger partial charge is 0.352 e. The molecule has 0 radical (unpaired) electrons. The van der Waals surface area contributed by atoms with Crippen LogP contribution in [0.25, 0.3) is 16.9 Å². The molecule has 0 spiro atoms. The van der Waals surface area contributed by atoms with Crippen LogP contribution in [-0.4, -0.2) is 36.8 Å². The molecule has 4 rings (SSSR count). The summed E-state index contributed by atoms with van der Waals surface area (Å²) in [5.41, 5.74) is 4.17. The third-order valence-corrected chi connectivity index (χ3v) is 4.33. The van der Waals surface area contributed by atoms with Crippen LogP contribution in [0.5, 0.6) is 0 Å². The smallest absolute Gasteiger partial charge is 0.229 e. The van der Waals surface area contributed by atoms with Gasteiger partial charge < -0.3 is 16.0 Å². The maximum Gasteiger partial charge on any atom is 0.229 e. The number of carbonyl (C=O) groups excluding carboxylic acids is 2. The van der Waals surface area contributed by atoms with Gasteiger partial charge in [-0.15, -0.1) is 5.10 Å². The van der Waals surface area contributed by atoms with Crippen LogP contribution < -0.4 is 16.0 Å². The quantitative estimate of drug-likeness (QED) is 0.441. The molecular formula is C21H20N8O2. The molecule has 2 aromatic heterocycles. The number of amides is 2. The van der Waals surface area contributed by atoms with Crippen LogP contribution in [0.2, 0.25) is 0 Å². The highest BCUT2D eigenvalue weighted by Gasteiger charge is 2.11. The van der Waals surface area contributed by atoms with E-state index < -0.39 is 0 Å². The van der Waals surface area contributed by atoms with Gasteiger partial charge in [-0.1, -0.05) is 23.4 Å². The number of benzene rings is 2. The lowest BCUT2D eigenvalue weighted by molar-refractivity contribution is -0.119. The lowest BCUT2D eigenvalue weighted by atomic mass is 10.2. The molecule has 31 heavy (non-hydrogen) atoms. The van der Waals surface area contributed by atoms with Crippen LogP contribution >= 0.6 is 0 Å². The predicted octanol–water partition coefficient (Wildman–Crippen LogP) is 2.55. The Balaban J connectivity index is 1.62. The van der Waals surface area contributed by atoms with Gasteiger partial charge in [-0.05, 0) is 35.9 Å². The van der Waals surface area contributed by atoms with E-state index in [-0.39, 0.29) is 11.8 Å². The van der Waals surface area contributed by atoms with Gasteiger partial charge in [-0.3, -0.25) is 9.59 Å². The zero-order chi connectivity index (χ0) is 21.8. The molecule has 0 saturated heterocycles. The van der Waals surface area contributed by atoms with E-state index in [0.29, 0.717) is 29.3 Å². The second-order valence-corrected chi connectivity index (χ2v) is 6.87. The predicted molar refractivity (Wildman–Crippen MR) is 116 cm³/mol. The SMILES string of the molecule is CC(=O)NCc1cccc(-n2nnc3cnc(Nc4cccc(NC(C)=O)c4)nc32)c1. The van der Waals surface area contributed by atoms with Crippen LogP contribution in [0.4, 0.5) is 17.3 Å². The molecule has 0 unspecified atom stereocenters. The Morgan fingerprint density at radius 2 is 1.81 bits per heavy atom. The highest BCUT2D eigenvalue weighted by atomic mass is 16.2. The zero-order valence-corrected chi connectivity index (χ0v) is 17.0. The van der Waals surface area contributed by atoms with Crippen LogP contribution in [0.1, 0.15) is 19.4 Å². The number of aromatic nitrogens is 5. The van der Waals surface area contributed by atoms with Crippen molar-refractivity contribution in [2.75, 3.05) is 10.6 Å². The molecule has 2 aromatic carbocycles. The number of anilines is 3. The van der Waals surface area contributed by atoms with Crippen LogP contribution in [0.15, 0.2) is 54.7 Å². The molecule has 2 heterocycles. The summed E-state index contributed by atoms with van der Waals surface area (Å²) < 4.78 is 1.62. The van der Waals surface area contributed by atoms with Gasteiger partial charge in [0.25, 0.3) is 0 Å². The Kier molecular flexibility index (Phi) is 5.52. The number of fused-ring (bicyclic) bond motifs is 1. The van der Waals surface area contributed by atoms with Crippen molar-refractivity contribution in [3.8, 4) is 5.69 Å². The standard InChI is InChI=1S/C21H20N8O2/c1-13(30)22-11-15-5-3-8-18(9-15)29-20-19(27-28-29)12-23-21(26-20)25-17-7-4-6-16(10-17)24-14(2)31/h3-10,12H,11H2,1-2H3,(H,22,30)(H,24,31)(H,23,25,26). The first-order chi connectivity index (χ1) is 15.0. The summed E-state index contributed by atoms with van der Waals surface area (Å²) >= 11 is 0. The molecule has 0 atom stereocenters. The van der Waals surface area contributed by atoms with E-state index in [9.17, 15) is 9.59 Å². The zero-order valence-electron chi connectivity index (χ0n) is 17.0. The van der Waals surface area contributed by atoms with E-state index in [4.69, 9.17) is 0 Å². The summed E-state index contributed by atoms with van der Waals surface area (Å²) in [5, 5.41) is 17.0. The van der Waals surface area contributed by atoms with Crippen molar-refractivity contribution in [2.45, 2.75) is 20.4 Å². The Bertz CT molecular complexity index is 1270. The van der Waals surface area contributed by atoms with Gasteiger partial charge >= 0.3 is 0 Å². The topological polar surface area (TPSA) is 127 Å². The highest BCUT2D eigenvalue weighted by molar-refractivity contribution is 5.89. The van der Waals surface area contributed by atoms with Crippen molar-refractivity contribution in [2.24, 2.45) is 0 Å². The third-order valence-electron chi connectivity index (χ3n) is 4.33. The van der Waals surface area contributed by atoms with E-state index >= 15 is 0 Å². The average molecular weight is 416 g/mol. The third kappa shape index (κ3) is 4.81. The van der Waals surface area contributed by atoms with Gasteiger partial charge in [0, 0.05) is 31.8 Å². The van der Waals surface area contributed by atoms with E-state index in [1.807, 2.05) is 36.4 Å². The number of hydrogen-bond donors (Lipinski definition) is 3. The fraction of sp³-hybridized carbons (Fsp3) is 0.143. The van der Waals surface area contributed by atoms with Gasteiger partial charge in [-0.25, -0.2) is 4.98 Å². The Morgan fingerprint density at radius 3 is 2.61 bits per heavy atom. The molecular weight excluding hydrogens is 396 g/mol. The van der Waals surface area contributed by atoms with Gasteiger partial charge in [0.2, 0.25) is 17.8 Å². The first-order valence-corrected chi connectivity index (χ1v) is 9.55. The van der Waals surface area contributed by atoms with Gasteiger partial charge in [-0.2, -0.15) is 9.67 Å². The van der Waals surface area contributed by atoms with Gasteiger partial charge in [0.1, 0.15) is 0 Å². The summed E-state index contributed by atoms with van der Waals surface area (Å²) in [6.45, 7) is 3.35. The normalized spacial score (nSPS) is 10.6. The van der Waals surface area contributed by atoms with Crippen molar-refractivity contribution in [3.05, 3.63) is 60.3 Å². The molecule has 10 nitrogen and oxygen atoms in total. The minimum atomic E-state index is -0.148. The number of nitrogens with one attached hydrogen (secondary N) is 3. The number of nitrogens with zero attached hydrogens (tertiary/aromatic N) is 5. The second kappa shape index (κ2) is 8.57. The van der Waals surface area contributed by atoms with E-state index in [1.54, 1.807) is 23.0 Å². The van der Waals surface area contributed by atoms with Crippen LogP contribution in [0.3, 0.4) is 0 Å². The van der Waals surface area contributed by atoms with E-state index in [2.05, 4.69) is 36.2 Å². The molecule has 0 fully saturated rings. The Morgan fingerprint density at radius 1 is 1.00 bits per heavy atom. The number of rotatable bonds is 6. The molecule has 0 bridgehead atoms. The summed E-state index contributed by atoms with van der Waals surface area (Å²) in [5.74, 6) is 0.124. The fourth-order valence-electron chi connectivity index (χ4n) is 2.99. The molecule has 3 N–H and O–H groups in total. The lowest BCUT2D eigenvalue weighted by Gasteiger charge is -2.08. The second-order valence-electron chi connectivity index (χ2n) is 6.87. The molecule has 0 aliphatic carbocycles. The van der Waals surface area contributed by atoms with Gasteiger partial charge in [0.15, 0.2) is 11.2 Å². The molecule has 0 aliphatic heterocycles. The maximum atomic E-state index is 11.3. The summed E-state index contributed by atoms with van der Waals surface area (Å²) in [6, 6.07) is 14.8. The van der Waals surface area contributed by atoms with Crippen LogP contribution in [-0.2, 0) is 16.1 Å². The van der Waals surface area contributed by atoms with Crippen LogP contribution in [0, 0.1) is 0 Å². The Labute approximate surface area is 177 Å². The van der Waals surface area contributed by atoms with Crippen molar-refractivity contribution in [1.29, 1.82) is 0 Å². The summed E-state index contributed by atoms with van der Waals surface area (Å²) in [6.07, 6.45) is 1.59. The Hall–Kier alpha value is -4.34. The number of carbonyl (C=O) groups is 2. The molecule has 156 valence electrons. The van der Waals surface area contributed by atoms with E-state index in [1.165, 1.54) is 13.8 Å². The minimum absolute atomic E-state index is 0.0948. The van der Waals surface area contributed by atoms with Crippen molar-refractivity contribution in [3.63, 3.8) is 0 Å². The molecule has 0 saturated carbocycles. The number of hydrogen-bond acceptors (Lipinski definition) is 7. The molecule has 10 heteroatoms. The van der Waals surface area contributed by atoms with Crippen molar-refractivity contribution in [1.82, 2.24) is 30.3 Å². The average Bonchev–Trinajstić information content (AvgIpc) is 3.15. The lowest BCUT2D eigenvalue weighted by Crippen LogP contribution is -2.18. The summed E-state index contributed by atoms with van der Waals surface area (Å²) in [7, 11) is 0. The molecule has 4 aromatic rings. The van der Waals surface area contributed by atoms with Crippen molar-refractivity contribution < 1.29 is 9.59 Å². The van der Waals surface area contributed by atoms with Gasteiger partial charge in [0.05, 0.1) is 11.9 Å². The van der Waals surface area contributed by atoms with Crippen molar-refractivity contribution >= 4 is 40.3 Å². The maximum absolute atomic E-state index is 11.3. The first-order valence-electron chi connectivity index (χ1n) is 9.55. The fourth-order valence-corrected chi connectivity index (χ4v) is 2.99. The monoisotopic (exact) mass is 416 g/mol. The molecule has 0 aliphatic rings. The highest BCUT2D eigenvalue weighted by Crippen LogP contribution is 2.20. The first kappa shape index (κ1) is 20.0. The van der Waals surface area contributed by atoms with E-state index in [0.717, 1.165) is 16.9 Å². The minimum Gasteiger partial charge on any atom is -0.352 e. The summed E-state index contributed by atoms with van der Waals surface area (Å²) in [4.78, 5) is 31.3. The molecule has 2 amide bonds.